The molecule has 1 atom stereocenters. The number of primary amides is 1. The Balaban J connectivity index is 2.31. The second-order valence-electron chi connectivity index (χ2n) is 6.88. The van der Waals surface area contributed by atoms with Gasteiger partial charge in [-0.15, -0.1) is 23.2 Å². The summed E-state index contributed by atoms with van der Waals surface area (Å²) in [7, 11) is 1.48. The number of amides is 1. The van der Waals surface area contributed by atoms with Gasteiger partial charge in [0.25, 0.3) is 5.91 Å². The number of hydrogen-bond donors (Lipinski definition) is 4. The number of nitrogens with zero attached hydrogens (tertiary/aromatic N) is 2. The van der Waals surface area contributed by atoms with Crippen LogP contribution in [-0.2, 0) is 10.6 Å². The largest absolute Gasteiger partial charge is 0.495 e. The second-order valence-corrected chi connectivity index (χ2v) is 8.04. The van der Waals surface area contributed by atoms with Crippen molar-refractivity contribution in [2.24, 2.45) is 10.7 Å². The molecule has 0 aromatic heterocycles. The van der Waals surface area contributed by atoms with Gasteiger partial charge in [-0.05, 0) is 24.3 Å². The lowest BCUT2D eigenvalue weighted by molar-refractivity contribution is -0.112. The number of alkyl halides is 2. The first kappa shape index (κ1) is 24.2. The molecule has 1 aliphatic rings. The third-order valence-electron chi connectivity index (χ3n) is 4.91. The number of carbonyl (C=O) groups excluding carboxylic acids is 1. The molecule has 2 aromatic rings. The predicted molar refractivity (Wildman–Crippen MR) is 127 cm³/mol. The summed E-state index contributed by atoms with van der Waals surface area (Å²) in [6.45, 7) is 0.661. The van der Waals surface area contributed by atoms with Crippen molar-refractivity contribution in [3.63, 3.8) is 0 Å². The van der Waals surface area contributed by atoms with Crippen molar-refractivity contribution in [3.05, 3.63) is 46.7 Å². The van der Waals surface area contributed by atoms with Gasteiger partial charge in [-0.25, -0.2) is 9.38 Å². The van der Waals surface area contributed by atoms with E-state index in [2.05, 4.69) is 15.6 Å². The molecule has 0 bridgehead atoms. The predicted octanol–water partition coefficient (Wildman–Crippen LogP) is 3.38. The molecule has 172 valence electrons. The van der Waals surface area contributed by atoms with E-state index in [-0.39, 0.29) is 22.6 Å². The summed E-state index contributed by atoms with van der Waals surface area (Å²) in [5.74, 6) is -2.03. The Labute approximate surface area is 199 Å². The van der Waals surface area contributed by atoms with Gasteiger partial charge in [-0.2, -0.15) is 0 Å². The van der Waals surface area contributed by atoms with Crippen LogP contribution in [0.4, 0.5) is 21.5 Å². The van der Waals surface area contributed by atoms with Crippen LogP contribution >= 0.6 is 34.8 Å². The van der Waals surface area contributed by atoms with E-state index in [9.17, 15) is 9.18 Å². The Hall–Kier alpha value is -2.46. The number of carbonyl (C=O) groups is 1. The number of ether oxygens (including phenoxy) is 1. The summed E-state index contributed by atoms with van der Waals surface area (Å²) in [4.78, 5) is 18.6. The quantitative estimate of drug-likeness (QED) is 0.237. The molecular weight excluding hydrogens is 482 g/mol. The molecule has 32 heavy (non-hydrogen) atoms. The summed E-state index contributed by atoms with van der Waals surface area (Å²) in [5, 5.41) is 6.09. The second kappa shape index (κ2) is 9.99. The SMILES string of the molecule is COc1cc2c(cc1N)C(Nc1ccc(F)c(Cl)c1)(N(CCCl)CCCl)N=C(C(N)=O)N2. The van der Waals surface area contributed by atoms with E-state index in [0.29, 0.717) is 41.5 Å². The van der Waals surface area contributed by atoms with Gasteiger partial charge in [0.15, 0.2) is 5.84 Å². The zero-order chi connectivity index (χ0) is 23.5. The molecular formula is C20H22Cl3FN6O2. The highest BCUT2D eigenvalue weighted by atomic mass is 35.5. The molecule has 0 radical (unpaired) electrons. The number of nitrogens with two attached hydrogens (primary N) is 2. The summed E-state index contributed by atoms with van der Waals surface area (Å²) in [6, 6.07) is 7.42. The van der Waals surface area contributed by atoms with Gasteiger partial charge >= 0.3 is 0 Å². The zero-order valence-corrected chi connectivity index (χ0v) is 19.4. The Morgan fingerprint density at radius 2 is 1.97 bits per heavy atom. The van der Waals surface area contributed by atoms with Crippen LogP contribution in [0.25, 0.3) is 0 Å². The van der Waals surface area contributed by atoms with E-state index in [4.69, 9.17) is 51.0 Å². The van der Waals surface area contributed by atoms with E-state index in [1.807, 2.05) is 4.90 Å². The molecule has 0 saturated heterocycles. The topological polar surface area (TPSA) is 118 Å². The van der Waals surface area contributed by atoms with E-state index < -0.39 is 17.5 Å². The molecule has 0 saturated carbocycles. The molecule has 1 amide bonds. The Bertz CT molecular complexity index is 1050. The molecule has 8 nitrogen and oxygen atoms in total. The van der Waals surface area contributed by atoms with Gasteiger partial charge in [-0.3, -0.25) is 9.69 Å². The number of anilines is 3. The van der Waals surface area contributed by atoms with Crippen LogP contribution < -0.4 is 26.8 Å². The van der Waals surface area contributed by atoms with Gasteiger partial charge in [-0.1, -0.05) is 11.6 Å². The average Bonchev–Trinajstić information content (AvgIpc) is 2.76. The van der Waals surface area contributed by atoms with Crippen LogP contribution in [0.15, 0.2) is 35.3 Å². The summed E-state index contributed by atoms with van der Waals surface area (Å²) in [6.07, 6.45) is 0. The maximum absolute atomic E-state index is 13.8. The monoisotopic (exact) mass is 502 g/mol. The number of nitrogens with one attached hydrogen (secondary N) is 2. The highest BCUT2D eigenvalue weighted by Gasteiger charge is 2.44. The fraction of sp³-hybridized carbons (Fsp3) is 0.300. The molecule has 6 N–H and O–H groups in total. The standard InChI is InChI=1S/C20H22Cl3FN6O2/c1-32-17-10-16-12(9-15(17)25)20(29-19(27-16)18(26)31,30(6-4-21)7-5-22)28-11-2-3-14(24)13(23)8-11/h2-3,8-10,28H,4-7,25H2,1H3,(H2,26,31)(H,27,29). The number of methoxy groups -OCH3 is 1. The molecule has 1 aliphatic heterocycles. The first-order chi connectivity index (χ1) is 15.2. The molecule has 0 fully saturated rings. The van der Waals surface area contributed by atoms with Gasteiger partial charge in [0, 0.05) is 42.2 Å². The molecule has 0 spiro atoms. The van der Waals surface area contributed by atoms with Crippen LogP contribution in [-0.4, -0.2) is 48.6 Å². The van der Waals surface area contributed by atoms with Crippen LogP contribution in [0, 0.1) is 5.82 Å². The smallest absolute Gasteiger partial charge is 0.284 e. The fourth-order valence-electron chi connectivity index (χ4n) is 3.49. The number of fused-ring (bicyclic) bond motifs is 1. The summed E-state index contributed by atoms with van der Waals surface area (Å²) in [5.41, 5.74) is 13.6. The van der Waals surface area contributed by atoms with Crippen molar-refractivity contribution in [2.75, 3.05) is 48.3 Å². The number of halogens is 4. The molecule has 2 aromatic carbocycles. The Kier molecular flexibility index (Phi) is 7.55. The Morgan fingerprint density at radius 1 is 1.28 bits per heavy atom. The number of amidine groups is 1. The van der Waals surface area contributed by atoms with E-state index in [1.165, 1.54) is 25.3 Å². The van der Waals surface area contributed by atoms with Crippen molar-refractivity contribution < 1.29 is 13.9 Å². The van der Waals surface area contributed by atoms with Gasteiger partial charge < -0.3 is 26.8 Å². The third-order valence-corrected chi connectivity index (χ3v) is 5.54. The highest BCUT2D eigenvalue weighted by Crippen LogP contribution is 2.43. The lowest BCUT2D eigenvalue weighted by Gasteiger charge is -2.45. The average molecular weight is 504 g/mol. The van der Waals surface area contributed by atoms with Gasteiger partial charge in [0.1, 0.15) is 11.6 Å². The van der Waals surface area contributed by atoms with Crippen LogP contribution in [0.1, 0.15) is 5.56 Å². The zero-order valence-electron chi connectivity index (χ0n) is 17.1. The van der Waals surface area contributed by atoms with E-state index >= 15 is 0 Å². The Morgan fingerprint density at radius 3 is 2.53 bits per heavy atom. The van der Waals surface area contributed by atoms with E-state index in [1.54, 1.807) is 12.1 Å². The maximum atomic E-state index is 13.8. The van der Waals surface area contributed by atoms with Crippen LogP contribution in [0.2, 0.25) is 5.02 Å². The number of rotatable bonds is 9. The van der Waals surface area contributed by atoms with Crippen molar-refractivity contribution in [3.8, 4) is 5.75 Å². The lowest BCUT2D eigenvalue weighted by atomic mass is 9.99. The first-order valence-corrected chi connectivity index (χ1v) is 10.9. The van der Waals surface area contributed by atoms with E-state index in [0.717, 1.165) is 0 Å². The maximum Gasteiger partial charge on any atom is 0.284 e. The molecule has 12 heteroatoms. The molecule has 1 unspecified atom stereocenters. The van der Waals surface area contributed by atoms with Gasteiger partial charge in [0.05, 0.1) is 23.5 Å². The number of nitrogen functional groups attached to an aromatic ring is 1. The minimum Gasteiger partial charge on any atom is -0.495 e. The van der Waals surface area contributed by atoms with Crippen LogP contribution in [0.3, 0.4) is 0 Å². The lowest BCUT2D eigenvalue weighted by Crippen LogP contribution is -2.56. The highest BCUT2D eigenvalue weighted by molar-refractivity contribution is 6.42. The van der Waals surface area contributed by atoms with Crippen molar-refractivity contribution >= 4 is 63.6 Å². The number of hydrogen-bond acceptors (Lipinski definition) is 7. The summed E-state index contributed by atoms with van der Waals surface area (Å²) < 4.78 is 19.1. The first-order valence-electron chi connectivity index (χ1n) is 9.50. The van der Waals surface area contributed by atoms with Crippen LogP contribution in [0.5, 0.6) is 5.75 Å². The fourth-order valence-corrected chi connectivity index (χ4v) is 4.08. The van der Waals surface area contributed by atoms with Crippen molar-refractivity contribution in [1.29, 1.82) is 0 Å². The number of benzene rings is 2. The van der Waals surface area contributed by atoms with Crippen molar-refractivity contribution in [1.82, 2.24) is 4.90 Å². The molecule has 0 aliphatic carbocycles. The van der Waals surface area contributed by atoms with Gasteiger partial charge in [0.2, 0.25) is 5.79 Å². The van der Waals surface area contributed by atoms with Crippen molar-refractivity contribution in [2.45, 2.75) is 5.79 Å². The number of aliphatic imine (C=N–C) groups is 1. The summed E-state index contributed by atoms with van der Waals surface area (Å²) >= 11 is 18.2. The minimum absolute atomic E-state index is 0.0890. The normalized spacial score (nSPS) is 17.4. The minimum atomic E-state index is -1.42. The molecule has 1 heterocycles. The molecule has 3 rings (SSSR count). The third kappa shape index (κ3) is 4.66.